The molecule has 1 amide bonds. The first-order valence-electron chi connectivity index (χ1n) is 8.09. The number of H-pyrrole nitrogens is 1. The van der Waals surface area contributed by atoms with Gasteiger partial charge in [0.05, 0.1) is 11.3 Å². The van der Waals surface area contributed by atoms with Crippen LogP contribution in [0.1, 0.15) is 27.3 Å². The molecule has 4 nitrogen and oxygen atoms in total. The molecule has 3 heterocycles. The van der Waals surface area contributed by atoms with Crippen LogP contribution in [0.2, 0.25) is 5.02 Å². The van der Waals surface area contributed by atoms with E-state index in [9.17, 15) is 4.79 Å². The first-order chi connectivity index (χ1) is 12.2. The zero-order valence-electron chi connectivity index (χ0n) is 13.4. The Hall–Kier alpha value is -2.85. The zero-order chi connectivity index (χ0) is 17.2. The number of benzene rings is 1. The van der Waals surface area contributed by atoms with Gasteiger partial charge in [0.1, 0.15) is 0 Å². The molecule has 0 fully saturated rings. The van der Waals surface area contributed by atoms with Crippen molar-refractivity contribution in [1.29, 1.82) is 0 Å². The van der Waals surface area contributed by atoms with Gasteiger partial charge in [0, 0.05) is 41.1 Å². The zero-order valence-corrected chi connectivity index (χ0v) is 14.2. The van der Waals surface area contributed by atoms with Gasteiger partial charge in [-0.2, -0.15) is 0 Å². The van der Waals surface area contributed by atoms with E-state index < -0.39 is 0 Å². The maximum atomic E-state index is 11.9. The summed E-state index contributed by atoms with van der Waals surface area (Å²) in [5.41, 5.74) is 5.52. The van der Waals surface area contributed by atoms with Crippen LogP contribution in [0, 0.1) is 0 Å². The van der Waals surface area contributed by atoms with Gasteiger partial charge in [-0.25, -0.2) is 0 Å². The van der Waals surface area contributed by atoms with Crippen molar-refractivity contribution in [3.8, 4) is 11.3 Å². The van der Waals surface area contributed by atoms with E-state index in [4.69, 9.17) is 11.6 Å². The summed E-state index contributed by atoms with van der Waals surface area (Å²) in [4.78, 5) is 19.7. The molecule has 3 aromatic rings. The van der Waals surface area contributed by atoms with E-state index in [1.165, 1.54) is 0 Å². The van der Waals surface area contributed by atoms with Gasteiger partial charge in [-0.15, -0.1) is 0 Å². The predicted molar refractivity (Wildman–Crippen MR) is 100 cm³/mol. The number of fused-ring (bicyclic) bond motifs is 1. The molecule has 1 aromatic carbocycles. The molecule has 2 aromatic heterocycles. The molecule has 0 atom stereocenters. The van der Waals surface area contributed by atoms with Crippen LogP contribution in [-0.2, 0) is 6.42 Å². The Morgan fingerprint density at radius 1 is 1.12 bits per heavy atom. The fraction of sp³-hybridized carbons (Fsp3) is 0.100. The van der Waals surface area contributed by atoms with Gasteiger partial charge in [0.2, 0.25) is 0 Å². The second kappa shape index (κ2) is 6.57. The third kappa shape index (κ3) is 3.35. The van der Waals surface area contributed by atoms with Crippen molar-refractivity contribution in [3.63, 3.8) is 0 Å². The first-order valence-corrected chi connectivity index (χ1v) is 8.47. The molecule has 5 heteroatoms. The summed E-state index contributed by atoms with van der Waals surface area (Å²) in [5.74, 6) is -0.0149. The van der Waals surface area contributed by atoms with E-state index >= 15 is 0 Å². The number of nitrogens with one attached hydrogen (secondary N) is 2. The van der Waals surface area contributed by atoms with E-state index in [2.05, 4.69) is 15.3 Å². The summed E-state index contributed by atoms with van der Waals surface area (Å²) in [6.07, 6.45) is 6.52. The van der Waals surface area contributed by atoms with Gasteiger partial charge in [-0.1, -0.05) is 29.8 Å². The smallest absolute Gasteiger partial charge is 0.253 e. The van der Waals surface area contributed by atoms with E-state index in [1.54, 1.807) is 6.20 Å². The van der Waals surface area contributed by atoms with Gasteiger partial charge in [-0.3, -0.25) is 9.78 Å². The molecule has 0 spiro atoms. The molecule has 124 valence electrons. The Kier molecular flexibility index (Phi) is 4.12. The average Bonchev–Trinajstić information content (AvgIpc) is 3.06. The van der Waals surface area contributed by atoms with Crippen LogP contribution in [0.3, 0.4) is 0 Å². The highest BCUT2D eigenvalue weighted by Crippen LogP contribution is 2.24. The number of halogens is 1. The predicted octanol–water partition coefficient (Wildman–Crippen LogP) is 4.19. The Morgan fingerprint density at radius 3 is 2.88 bits per heavy atom. The third-order valence-electron chi connectivity index (χ3n) is 4.19. The monoisotopic (exact) mass is 349 g/mol. The normalized spacial score (nSPS) is 13.7. The maximum absolute atomic E-state index is 11.9. The van der Waals surface area contributed by atoms with Gasteiger partial charge in [0.15, 0.2) is 0 Å². The van der Waals surface area contributed by atoms with Crippen molar-refractivity contribution in [2.75, 3.05) is 6.54 Å². The molecule has 0 radical (unpaired) electrons. The number of aromatic amines is 1. The molecule has 25 heavy (non-hydrogen) atoms. The highest BCUT2D eigenvalue weighted by atomic mass is 35.5. The molecular weight excluding hydrogens is 334 g/mol. The summed E-state index contributed by atoms with van der Waals surface area (Å²) in [6, 6.07) is 13.5. The lowest BCUT2D eigenvalue weighted by molar-refractivity contribution is 0.0946. The number of carbonyl (C=O) groups is 1. The van der Waals surface area contributed by atoms with Crippen LogP contribution < -0.4 is 5.32 Å². The fourth-order valence-corrected chi connectivity index (χ4v) is 3.15. The molecule has 2 N–H and O–H groups in total. The minimum atomic E-state index is -0.0149. The highest BCUT2D eigenvalue weighted by Gasteiger charge is 2.19. The van der Waals surface area contributed by atoms with Crippen molar-refractivity contribution in [2.24, 2.45) is 0 Å². The summed E-state index contributed by atoms with van der Waals surface area (Å²) in [7, 11) is 0. The Morgan fingerprint density at radius 2 is 2.04 bits per heavy atom. The van der Waals surface area contributed by atoms with E-state index in [-0.39, 0.29) is 5.91 Å². The van der Waals surface area contributed by atoms with Crippen LogP contribution in [0.25, 0.3) is 23.4 Å². The van der Waals surface area contributed by atoms with Crippen molar-refractivity contribution in [1.82, 2.24) is 15.3 Å². The number of amides is 1. The molecule has 0 saturated carbocycles. The largest absolute Gasteiger partial charge is 0.358 e. The fourth-order valence-electron chi connectivity index (χ4n) is 2.95. The van der Waals surface area contributed by atoms with Gasteiger partial charge >= 0.3 is 0 Å². The second-order valence-corrected chi connectivity index (χ2v) is 6.38. The topological polar surface area (TPSA) is 57.8 Å². The number of nitrogens with zero attached hydrogens (tertiary/aromatic N) is 1. The molecule has 0 aliphatic carbocycles. The standard InChI is InChI=1S/C20H16ClN3O/c21-15-3-1-2-13(10-15)4-5-16-11-14(6-8-22-16)19-12-17-18(24-19)7-9-23-20(17)25/h1-6,8,10-12,24H,7,9H2,(H,23,25). The van der Waals surface area contributed by atoms with Gasteiger partial charge in [0.25, 0.3) is 5.91 Å². The number of hydrogen-bond acceptors (Lipinski definition) is 2. The molecule has 4 rings (SSSR count). The number of aromatic nitrogens is 2. The summed E-state index contributed by atoms with van der Waals surface area (Å²) in [6.45, 7) is 0.676. The minimum Gasteiger partial charge on any atom is -0.358 e. The number of rotatable bonds is 3. The van der Waals surface area contributed by atoms with Crippen molar-refractivity contribution < 1.29 is 4.79 Å². The van der Waals surface area contributed by atoms with Crippen molar-refractivity contribution in [2.45, 2.75) is 6.42 Å². The van der Waals surface area contributed by atoms with Crippen LogP contribution in [0.15, 0.2) is 48.7 Å². The Bertz CT molecular complexity index is 975. The van der Waals surface area contributed by atoms with Crippen molar-refractivity contribution in [3.05, 3.63) is 76.2 Å². The Balaban J connectivity index is 1.63. The van der Waals surface area contributed by atoms with Crippen LogP contribution in [0.4, 0.5) is 0 Å². The summed E-state index contributed by atoms with van der Waals surface area (Å²) < 4.78 is 0. The van der Waals surface area contributed by atoms with Crippen LogP contribution in [-0.4, -0.2) is 22.4 Å². The molecule has 0 bridgehead atoms. The third-order valence-corrected chi connectivity index (χ3v) is 4.43. The molecule has 0 saturated heterocycles. The summed E-state index contributed by atoms with van der Waals surface area (Å²) >= 11 is 6.01. The van der Waals surface area contributed by atoms with Gasteiger partial charge < -0.3 is 10.3 Å². The first kappa shape index (κ1) is 15.7. The molecule has 0 unspecified atom stereocenters. The molecule has 1 aliphatic heterocycles. The quantitative estimate of drug-likeness (QED) is 0.745. The van der Waals surface area contributed by atoms with E-state index in [1.807, 2.05) is 54.6 Å². The lowest BCUT2D eigenvalue weighted by atomic mass is 10.1. The average molecular weight is 350 g/mol. The number of hydrogen-bond donors (Lipinski definition) is 2. The molecule has 1 aliphatic rings. The van der Waals surface area contributed by atoms with Crippen LogP contribution >= 0.6 is 11.6 Å². The number of pyridine rings is 1. The number of carbonyl (C=O) groups excluding carboxylic acids is 1. The minimum absolute atomic E-state index is 0.0149. The van der Waals surface area contributed by atoms with Gasteiger partial charge in [-0.05, 0) is 42.0 Å². The summed E-state index contributed by atoms with van der Waals surface area (Å²) in [5, 5.41) is 3.57. The highest BCUT2D eigenvalue weighted by molar-refractivity contribution is 6.30. The second-order valence-electron chi connectivity index (χ2n) is 5.94. The Labute approximate surface area is 150 Å². The lowest BCUT2D eigenvalue weighted by Crippen LogP contribution is -2.31. The SMILES string of the molecule is O=C1NCCc2[nH]c(-c3ccnc(C=Cc4cccc(Cl)c4)c3)cc21. The van der Waals surface area contributed by atoms with E-state index in [0.717, 1.165) is 40.2 Å². The van der Waals surface area contributed by atoms with Crippen LogP contribution in [0.5, 0.6) is 0 Å². The van der Waals surface area contributed by atoms with E-state index in [0.29, 0.717) is 11.6 Å². The lowest BCUT2D eigenvalue weighted by Gasteiger charge is -2.10. The van der Waals surface area contributed by atoms with Crippen molar-refractivity contribution >= 4 is 29.7 Å². The maximum Gasteiger partial charge on any atom is 0.253 e. The molecular formula is C20H16ClN3O.